The minimum atomic E-state index is 0.127. The molecule has 0 radical (unpaired) electrons. The maximum Gasteiger partial charge on any atom is 0.219 e. The van der Waals surface area contributed by atoms with Gasteiger partial charge in [0.15, 0.2) is 0 Å². The van der Waals surface area contributed by atoms with Gasteiger partial charge in [-0.1, -0.05) is 25.0 Å². The number of nitrogens with zero attached hydrogens (tertiary/aromatic N) is 2. The van der Waals surface area contributed by atoms with Crippen LogP contribution < -0.4 is 5.32 Å². The van der Waals surface area contributed by atoms with E-state index in [1.54, 1.807) is 7.05 Å². The first-order valence-corrected chi connectivity index (χ1v) is 8.85. The molecule has 0 saturated heterocycles. The van der Waals surface area contributed by atoms with Crippen molar-refractivity contribution in [3.63, 3.8) is 0 Å². The SMILES string of the molecule is CNC(=O)CCCCCCc1ncc(-c2ccc3cnccc3c2)[nH]1. The first-order valence-electron chi connectivity index (χ1n) is 8.85. The Morgan fingerprint density at radius 3 is 2.84 bits per heavy atom. The Hall–Kier alpha value is -2.69. The summed E-state index contributed by atoms with van der Waals surface area (Å²) in [6.07, 6.45) is 11.4. The van der Waals surface area contributed by atoms with Gasteiger partial charge in [0, 0.05) is 43.2 Å². The van der Waals surface area contributed by atoms with Gasteiger partial charge >= 0.3 is 0 Å². The lowest BCUT2D eigenvalue weighted by Gasteiger charge is -2.02. The molecule has 2 N–H and O–H groups in total. The number of aromatic nitrogens is 3. The lowest BCUT2D eigenvalue weighted by molar-refractivity contribution is -0.120. The van der Waals surface area contributed by atoms with Crippen LogP contribution in [-0.4, -0.2) is 27.9 Å². The number of carbonyl (C=O) groups is 1. The number of pyridine rings is 1. The number of aromatic amines is 1. The Morgan fingerprint density at radius 2 is 1.96 bits per heavy atom. The van der Waals surface area contributed by atoms with Gasteiger partial charge in [-0.25, -0.2) is 4.98 Å². The average Bonchev–Trinajstić information content (AvgIpc) is 3.12. The van der Waals surface area contributed by atoms with Crippen LogP contribution in [0.4, 0.5) is 0 Å². The van der Waals surface area contributed by atoms with Gasteiger partial charge in [-0.05, 0) is 30.4 Å². The number of nitrogens with one attached hydrogen (secondary N) is 2. The number of hydrogen-bond acceptors (Lipinski definition) is 3. The van der Waals surface area contributed by atoms with E-state index in [1.165, 1.54) is 5.39 Å². The summed E-state index contributed by atoms with van der Waals surface area (Å²) < 4.78 is 0. The van der Waals surface area contributed by atoms with E-state index in [4.69, 9.17) is 0 Å². The standard InChI is InChI=1S/C20H24N4O/c1-21-20(25)7-5-3-2-4-6-19-23-14-18(24-19)16-8-9-17-13-22-11-10-15(17)12-16/h8-14H,2-7H2,1H3,(H,21,25)(H,23,24). The lowest BCUT2D eigenvalue weighted by atomic mass is 10.1. The third kappa shape index (κ3) is 4.66. The maximum absolute atomic E-state index is 11.2. The van der Waals surface area contributed by atoms with Gasteiger partial charge in [0.1, 0.15) is 5.82 Å². The Kier molecular flexibility index (Phi) is 5.77. The van der Waals surface area contributed by atoms with E-state index in [9.17, 15) is 4.79 Å². The first kappa shape index (κ1) is 17.1. The van der Waals surface area contributed by atoms with Crippen LogP contribution in [0.2, 0.25) is 0 Å². The number of hydrogen-bond donors (Lipinski definition) is 2. The molecule has 0 aliphatic heterocycles. The summed E-state index contributed by atoms with van der Waals surface area (Å²) in [5.74, 6) is 1.15. The average molecular weight is 336 g/mol. The van der Waals surface area contributed by atoms with Crippen LogP contribution in [0.15, 0.2) is 42.9 Å². The number of benzene rings is 1. The number of H-pyrrole nitrogens is 1. The minimum absolute atomic E-state index is 0.127. The molecule has 2 aromatic heterocycles. The monoisotopic (exact) mass is 336 g/mol. The number of aryl methyl sites for hydroxylation is 1. The van der Waals surface area contributed by atoms with Crippen molar-refractivity contribution in [2.75, 3.05) is 7.05 Å². The molecule has 0 atom stereocenters. The van der Waals surface area contributed by atoms with Crippen LogP contribution in [-0.2, 0) is 11.2 Å². The molecule has 0 spiro atoms. The van der Waals surface area contributed by atoms with Crippen molar-refractivity contribution < 1.29 is 4.79 Å². The Morgan fingerprint density at radius 1 is 1.08 bits per heavy atom. The summed E-state index contributed by atoms with van der Waals surface area (Å²) in [5, 5.41) is 4.98. The molecule has 1 aromatic carbocycles. The molecular formula is C20H24N4O. The largest absolute Gasteiger partial charge is 0.359 e. The number of fused-ring (bicyclic) bond motifs is 1. The lowest BCUT2D eigenvalue weighted by Crippen LogP contribution is -2.16. The fourth-order valence-corrected chi connectivity index (χ4v) is 2.94. The molecule has 0 aliphatic carbocycles. The zero-order valence-electron chi connectivity index (χ0n) is 14.6. The van der Waals surface area contributed by atoms with Gasteiger partial charge in [-0.15, -0.1) is 0 Å². The van der Waals surface area contributed by atoms with Crippen LogP contribution in [0.3, 0.4) is 0 Å². The minimum Gasteiger partial charge on any atom is -0.359 e. The highest BCUT2D eigenvalue weighted by molar-refractivity contribution is 5.85. The van der Waals surface area contributed by atoms with Crippen molar-refractivity contribution in [3.05, 3.63) is 48.7 Å². The van der Waals surface area contributed by atoms with Gasteiger partial charge in [0.05, 0.1) is 11.9 Å². The second kappa shape index (κ2) is 8.42. The van der Waals surface area contributed by atoms with E-state index in [2.05, 4.69) is 38.5 Å². The summed E-state index contributed by atoms with van der Waals surface area (Å²) in [6, 6.07) is 8.37. The quantitative estimate of drug-likeness (QED) is 0.614. The number of amides is 1. The fourth-order valence-electron chi connectivity index (χ4n) is 2.94. The van der Waals surface area contributed by atoms with Crippen molar-refractivity contribution >= 4 is 16.7 Å². The van der Waals surface area contributed by atoms with E-state index in [-0.39, 0.29) is 5.91 Å². The van der Waals surface area contributed by atoms with Crippen molar-refractivity contribution in [1.82, 2.24) is 20.3 Å². The molecular weight excluding hydrogens is 312 g/mol. The second-order valence-electron chi connectivity index (χ2n) is 6.27. The molecule has 3 rings (SSSR count). The van der Waals surface area contributed by atoms with E-state index in [0.717, 1.165) is 54.6 Å². The molecule has 5 nitrogen and oxygen atoms in total. The van der Waals surface area contributed by atoms with E-state index < -0.39 is 0 Å². The summed E-state index contributed by atoms with van der Waals surface area (Å²) in [7, 11) is 1.68. The van der Waals surface area contributed by atoms with Gasteiger partial charge in [-0.3, -0.25) is 9.78 Å². The van der Waals surface area contributed by atoms with Crippen molar-refractivity contribution in [2.24, 2.45) is 0 Å². The van der Waals surface area contributed by atoms with Gasteiger partial charge in [0.2, 0.25) is 5.91 Å². The molecule has 0 bridgehead atoms. The zero-order valence-corrected chi connectivity index (χ0v) is 14.6. The molecule has 1 amide bonds. The predicted molar refractivity (Wildman–Crippen MR) is 100 cm³/mol. The maximum atomic E-state index is 11.2. The molecule has 0 unspecified atom stereocenters. The summed E-state index contributed by atoms with van der Waals surface area (Å²) in [5.41, 5.74) is 2.19. The van der Waals surface area contributed by atoms with Crippen LogP contribution in [0.1, 0.15) is 37.9 Å². The van der Waals surface area contributed by atoms with Crippen molar-refractivity contribution in [1.29, 1.82) is 0 Å². The van der Waals surface area contributed by atoms with E-state index >= 15 is 0 Å². The zero-order chi connectivity index (χ0) is 17.5. The van der Waals surface area contributed by atoms with Gasteiger partial charge in [0.25, 0.3) is 0 Å². The highest BCUT2D eigenvalue weighted by Crippen LogP contribution is 2.23. The normalized spacial score (nSPS) is 10.9. The van der Waals surface area contributed by atoms with Crippen LogP contribution in [0.25, 0.3) is 22.0 Å². The topological polar surface area (TPSA) is 70.7 Å². The van der Waals surface area contributed by atoms with E-state index in [1.807, 2.05) is 24.7 Å². The van der Waals surface area contributed by atoms with Crippen molar-refractivity contribution in [3.8, 4) is 11.3 Å². The number of rotatable bonds is 8. The molecule has 3 aromatic rings. The molecule has 25 heavy (non-hydrogen) atoms. The van der Waals surface area contributed by atoms with E-state index in [0.29, 0.717) is 6.42 Å². The van der Waals surface area contributed by atoms with Crippen LogP contribution >= 0.6 is 0 Å². The summed E-state index contributed by atoms with van der Waals surface area (Å²) in [6.45, 7) is 0. The third-order valence-electron chi connectivity index (χ3n) is 4.43. The van der Waals surface area contributed by atoms with Gasteiger partial charge in [-0.2, -0.15) is 0 Å². The summed E-state index contributed by atoms with van der Waals surface area (Å²) >= 11 is 0. The predicted octanol–water partition coefficient (Wildman–Crippen LogP) is 3.86. The number of carbonyl (C=O) groups excluding carboxylic acids is 1. The Bertz CT molecular complexity index is 840. The number of unbranched alkanes of at least 4 members (excludes halogenated alkanes) is 3. The van der Waals surface area contributed by atoms with Crippen LogP contribution in [0.5, 0.6) is 0 Å². The Labute approximate surface area is 147 Å². The van der Waals surface area contributed by atoms with Crippen molar-refractivity contribution in [2.45, 2.75) is 38.5 Å². The first-order chi connectivity index (χ1) is 12.3. The molecule has 0 saturated carbocycles. The molecule has 0 aliphatic rings. The summed E-state index contributed by atoms with van der Waals surface area (Å²) in [4.78, 5) is 23.2. The fraction of sp³-hybridized carbons (Fsp3) is 0.350. The smallest absolute Gasteiger partial charge is 0.219 e. The van der Waals surface area contributed by atoms with Crippen LogP contribution in [0, 0.1) is 0 Å². The highest BCUT2D eigenvalue weighted by Gasteiger charge is 2.05. The second-order valence-corrected chi connectivity index (χ2v) is 6.27. The molecule has 0 fully saturated rings. The number of imidazole rings is 1. The van der Waals surface area contributed by atoms with Gasteiger partial charge < -0.3 is 10.3 Å². The molecule has 5 heteroatoms. The highest BCUT2D eigenvalue weighted by atomic mass is 16.1. The Balaban J connectivity index is 1.51. The third-order valence-corrected chi connectivity index (χ3v) is 4.43. The molecule has 2 heterocycles. The molecule has 130 valence electrons.